The molecule has 0 bridgehead atoms. The number of rotatable bonds is 2. The Balaban J connectivity index is 2.40. The van der Waals surface area contributed by atoms with E-state index in [-0.39, 0.29) is 0 Å². The van der Waals surface area contributed by atoms with Gasteiger partial charge in [0, 0.05) is 12.1 Å². The lowest BCUT2D eigenvalue weighted by molar-refractivity contribution is 0.206. The number of halogens is 3. The van der Waals surface area contributed by atoms with E-state index in [1.54, 1.807) is 35.9 Å². The Morgan fingerprint density at radius 3 is 2.35 bits per heavy atom. The Kier molecular flexibility index (Phi) is 3.97. The maximum atomic E-state index is 10.2. The molecule has 1 N–H and O–H groups in total. The van der Waals surface area contributed by atoms with E-state index < -0.39 is 6.10 Å². The Morgan fingerprint density at radius 2 is 1.88 bits per heavy atom. The van der Waals surface area contributed by atoms with Crippen LogP contribution in [0.25, 0.3) is 0 Å². The third-order valence-electron chi connectivity index (χ3n) is 2.45. The van der Waals surface area contributed by atoms with Crippen LogP contribution in [0.5, 0.6) is 0 Å². The van der Waals surface area contributed by atoms with Gasteiger partial charge >= 0.3 is 0 Å². The van der Waals surface area contributed by atoms with Gasteiger partial charge in [-0.3, -0.25) is 0 Å². The molecule has 2 aromatic rings. The van der Waals surface area contributed by atoms with Gasteiger partial charge in [-0.05, 0) is 40.3 Å². The molecule has 1 unspecified atom stereocenters. The second-order valence-corrected chi connectivity index (χ2v) is 5.38. The first kappa shape index (κ1) is 13.1. The molecule has 1 heterocycles. The number of nitrogens with zero attached hydrogens (tertiary/aromatic N) is 2. The monoisotopic (exact) mass is 382 g/mol. The molecule has 90 valence electrons. The number of benzene rings is 1. The minimum Gasteiger partial charge on any atom is -0.380 e. The first-order chi connectivity index (χ1) is 8.00. The zero-order chi connectivity index (χ0) is 12.6. The third-order valence-corrected chi connectivity index (χ3v) is 4.21. The van der Waals surface area contributed by atoms with Gasteiger partial charge in [0.05, 0.1) is 0 Å². The van der Waals surface area contributed by atoms with Gasteiger partial charge < -0.3 is 9.67 Å². The maximum Gasteiger partial charge on any atom is 0.144 e. The molecule has 0 spiro atoms. The second kappa shape index (κ2) is 5.14. The number of hydrogen-bond acceptors (Lipinski definition) is 2. The molecule has 0 radical (unpaired) electrons. The van der Waals surface area contributed by atoms with Crippen molar-refractivity contribution in [3.8, 4) is 0 Å². The summed E-state index contributed by atoms with van der Waals surface area (Å²) in [7, 11) is 1.77. The summed E-state index contributed by atoms with van der Waals surface area (Å²) < 4.78 is 2.34. The molecular weight excluding hydrogens is 374 g/mol. The minimum absolute atomic E-state index is 0.515. The number of aromatic nitrogens is 2. The Morgan fingerprint density at radius 1 is 1.29 bits per heavy atom. The van der Waals surface area contributed by atoms with Crippen LogP contribution in [0.3, 0.4) is 0 Å². The molecule has 1 aromatic heterocycles. The van der Waals surface area contributed by atoms with E-state index in [0.717, 1.165) is 5.56 Å². The number of aliphatic hydroxyl groups excluding tert-OH is 1. The largest absolute Gasteiger partial charge is 0.380 e. The third kappa shape index (κ3) is 2.59. The summed E-state index contributed by atoms with van der Waals surface area (Å²) in [6.45, 7) is 0. The van der Waals surface area contributed by atoms with Crippen LogP contribution in [0.2, 0.25) is 10.2 Å². The molecule has 17 heavy (non-hydrogen) atoms. The molecule has 0 aliphatic heterocycles. The van der Waals surface area contributed by atoms with E-state index in [1.807, 2.05) is 22.6 Å². The topological polar surface area (TPSA) is 38.0 Å². The molecule has 0 fully saturated rings. The van der Waals surface area contributed by atoms with Gasteiger partial charge in [-0.1, -0.05) is 35.3 Å². The molecule has 0 saturated carbocycles. The fourth-order valence-corrected chi connectivity index (χ4v) is 2.36. The number of imidazole rings is 1. The molecule has 0 saturated heterocycles. The van der Waals surface area contributed by atoms with E-state index in [2.05, 4.69) is 4.98 Å². The smallest absolute Gasteiger partial charge is 0.144 e. The van der Waals surface area contributed by atoms with Gasteiger partial charge in [0.15, 0.2) is 0 Å². The predicted octanol–water partition coefficient (Wildman–Crippen LogP) is 3.41. The first-order valence-corrected chi connectivity index (χ1v) is 6.65. The molecule has 0 aliphatic rings. The van der Waals surface area contributed by atoms with Gasteiger partial charge in [0.25, 0.3) is 0 Å². The molecule has 6 heteroatoms. The van der Waals surface area contributed by atoms with Crippen molar-refractivity contribution in [2.45, 2.75) is 6.10 Å². The van der Waals surface area contributed by atoms with Crippen LogP contribution in [0.1, 0.15) is 17.5 Å². The Labute approximate surface area is 123 Å². The van der Waals surface area contributed by atoms with E-state index in [0.29, 0.717) is 19.7 Å². The molecule has 3 nitrogen and oxygen atoms in total. The highest BCUT2D eigenvalue weighted by Crippen LogP contribution is 2.27. The summed E-state index contributed by atoms with van der Waals surface area (Å²) >= 11 is 13.8. The van der Waals surface area contributed by atoms with Gasteiger partial charge in [-0.25, -0.2) is 4.98 Å². The van der Waals surface area contributed by atoms with Crippen molar-refractivity contribution < 1.29 is 5.11 Å². The molecule has 1 aromatic carbocycles. The van der Waals surface area contributed by atoms with E-state index in [1.165, 1.54) is 0 Å². The van der Waals surface area contributed by atoms with E-state index in [9.17, 15) is 5.11 Å². The highest BCUT2D eigenvalue weighted by Gasteiger charge is 2.19. The zero-order valence-corrected chi connectivity index (χ0v) is 12.5. The van der Waals surface area contributed by atoms with E-state index in [4.69, 9.17) is 23.2 Å². The molecule has 0 amide bonds. The van der Waals surface area contributed by atoms with Crippen LogP contribution in [0, 0.1) is 3.70 Å². The molecule has 2 rings (SSSR count). The second-order valence-electron chi connectivity index (χ2n) is 3.56. The van der Waals surface area contributed by atoms with E-state index >= 15 is 0 Å². The standard InChI is InChI=1S/C11H9Cl2IN2O/c1-16-9(13)10(14)15-11(16)8(17)6-2-4-7(12)5-3-6/h2-5,8,17H,1H3. The van der Waals surface area contributed by atoms with Crippen molar-refractivity contribution in [3.63, 3.8) is 0 Å². The quantitative estimate of drug-likeness (QED) is 0.808. The van der Waals surface area contributed by atoms with Crippen molar-refractivity contribution in [2.24, 2.45) is 7.05 Å². The molecule has 0 aliphatic carbocycles. The van der Waals surface area contributed by atoms with Crippen LogP contribution in [0.4, 0.5) is 0 Å². The van der Waals surface area contributed by atoms with Gasteiger partial charge in [0.1, 0.15) is 20.8 Å². The van der Waals surface area contributed by atoms with Gasteiger partial charge in [-0.2, -0.15) is 0 Å². The summed E-state index contributed by atoms with van der Waals surface area (Å²) in [4.78, 5) is 4.24. The molecule has 1 atom stereocenters. The first-order valence-electron chi connectivity index (χ1n) is 4.82. The van der Waals surface area contributed by atoms with Crippen molar-refractivity contribution >= 4 is 45.8 Å². The van der Waals surface area contributed by atoms with Crippen molar-refractivity contribution in [3.05, 3.63) is 49.5 Å². The fraction of sp³-hybridized carbons (Fsp3) is 0.182. The summed E-state index contributed by atoms with van der Waals surface area (Å²) in [6, 6.07) is 7.00. The lowest BCUT2D eigenvalue weighted by Crippen LogP contribution is -2.07. The normalized spacial score (nSPS) is 12.8. The fourth-order valence-electron chi connectivity index (χ4n) is 1.50. The SMILES string of the molecule is Cn1c(C(O)c2ccc(Cl)cc2)nc(I)c1Cl. The summed E-state index contributed by atoms with van der Waals surface area (Å²) in [5.41, 5.74) is 0.732. The van der Waals surface area contributed by atoms with Crippen LogP contribution in [-0.2, 0) is 7.05 Å². The van der Waals surface area contributed by atoms with Crippen molar-refractivity contribution in [2.75, 3.05) is 0 Å². The molecular formula is C11H9Cl2IN2O. The predicted molar refractivity (Wildman–Crippen MR) is 76.4 cm³/mol. The summed E-state index contributed by atoms with van der Waals surface area (Å²) in [6.07, 6.45) is -0.807. The Hall–Kier alpha value is -0.300. The average Bonchev–Trinajstić information content (AvgIpc) is 2.57. The van der Waals surface area contributed by atoms with Gasteiger partial charge in [0.2, 0.25) is 0 Å². The highest BCUT2D eigenvalue weighted by molar-refractivity contribution is 14.1. The summed E-state index contributed by atoms with van der Waals surface area (Å²) in [5, 5.41) is 11.4. The van der Waals surface area contributed by atoms with Crippen LogP contribution < -0.4 is 0 Å². The van der Waals surface area contributed by atoms with Gasteiger partial charge in [-0.15, -0.1) is 0 Å². The number of hydrogen-bond donors (Lipinski definition) is 1. The minimum atomic E-state index is -0.807. The van der Waals surface area contributed by atoms with Crippen LogP contribution >= 0.6 is 45.8 Å². The highest BCUT2D eigenvalue weighted by atomic mass is 127. The van der Waals surface area contributed by atoms with Crippen LogP contribution in [-0.4, -0.2) is 14.7 Å². The lowest BCUT2D eigenvalue weighted by Gasteiger charge is -2.11. The Bertz CT molecular complexity index is 539. The maximum absolute atomic E-state index is 10.2. The average molecular weight is 383 g/mol. The van der Waals surface area contributed by atoms with Crippen LogP contribution in [0.15, 0.2) is 24.3 Å². The zero-order valence-electron chi connectivity index (χ0n) is 8.86. The van der Waals surface area contributed by atoms with Crippen molar-refractivity contribution in [1.82, 2.24) is 9.55 Å². The van der Waals surface area contributed by atoms with Crippen molar-refractivity contribution in [1.29, 1.82) is 0 Å². The summed E-state index contributed by atoms with van der Waals surface area (Å²) in [5.74, 6) is 0.515. The number of aliphatic hydroxyl groups is 1. The lowest BCUT2D eigenvalue weighted by atomic mass is 10.1.